The number of nitrogens with zero attached hydrogens (tertiary/aromatic N) is 2. The first-order valence-corrected chi connectivity index (χ1v) is 7.23. The van der Waals surface area contributed by atoms with Gasteiger partial charge in [-0.05, 0) is 42.1 Å². The third kappa shape index (κ3) is 2.78. The molecule has 0 aliphatic rings. The van der Waals surface area contributed by atoms with Gasteiger partial charge in [0.1, 0.15) is 0 Å². The van der Waals surface area contributed by atoms with E-state index in [1.807, 2.05) is 11.6 Å². The van der Waals surface area contributed by atoms with E-state index >= 15 is 0 Å². The van der Waals surface area contributed by atoms with Crippen LogP contribution in [0.5, 0.6) is 0 Å². The monoisotopic (exact) mass is 317 g/mol. The van der Waals surface area contributed by atoms with Gasteiger partial charge in [-0.2, -0.15) is 5.10 Å². The van der Waals surface area contributed by atoms with Crippen LogP contribution in [0, 0.1) is 18.3 Å². The second-order valence-corrected chi connectivity index (χ2v) is 6.01. The topological polar surface area (TPSA) is 64.1 Å². The maximum atomic E-state index is 9.74. The van der Waals surface area contributed by atoms with E-state index in [0.29, 0.717) is 12.5 Å². The maximum Gasteiger partial charge on any atom is 0.0738 e. The zero-order valence-electron chi connectivity index (χ0n) is 11.7. The molecule has 3 N–H and O–H groups in total. The molecule has 0 aliphatic heterocycles. The van der Waals surface area contributed by atoms with E-state index in [4.69, 9.17) is 5.73 Å². The van der Waals surface area contributed by atoms with E-state index in [1.165, 1.54) is 0 Å². The van der Waals surface area contributed by atoms with Gasteiger partial charge in [-0.3, -0.25) is 4.68 Å². The molecule has 0 radical (unpaired) electrons. The molecule has 1 aromatic heterocycles. The molecule has 104 valence electrons. The lowest BCUT2D eigenvalue weighted by atomic mass is 9.74. The van der Waals surface area contributed by atoms with Gasteiger partial charge >= 0.3 is 0 Å². The third-order valence-electron chi connectivity index (χ3n) is 3.92. The minimum Gasteiger partial charge on any atom is -0.396 e. The number of hydrogen-bond acceptors (Lipinski definition) is 3. The van der Waals surface area contributed by atoms with Crippen molar-refractivity contribution >= 4 is 15.9 Å². The fraction of sp³-hybridized carbons (Fsp3) is 0.769. The van der Waals surface area contributed by atoms with Crippen molar-refractivity contribution in [1.29, 1.82) is 0 Å². The standard InChI is InChI=1S/C13H24BrN3O/c1-5-17-11(12(14)10(4)16-17)6-13(7-15,8-18)9(2)3/h9,18H,5-8,15H2,1-4H3. The average molecular weight is 318 g/mol. The quantitative estimate of drug-likeness (QED) is 0.844. The summed E-state index contributed by atoms with van der Waals surface area (Å²) in [5.41, 5.74) is 7.75. The highest BCUT2D eigenvalue weighted by atomic mass is 79.9. The lowest BCUT2D eigenvalue weighted by molar-refractivity contribution is 0.0819. The number of aliphatic hydroxyl groups excluding tert-OH is 1. The zero-order valence-corrected chi connectivity index (χ0v) is 13.3. The van der Waals surface area contributed by atoms with Gasteiger partial charge in [-0.25, -0.2) is 0 Å². The van der Waals surface area contributed by atoms with Crippen LogP contribution in [-0.2, 0) is 13.0 Å². The number of aromatic nitrogens is 2. The number of hydrogen-bond donors (Lipinski definition) is 2. The van der Waals surface area contributed by atoms with Crippen LogP contribution in [0.25, 0.3) is 0 Å². The second kappa shape index (κ2) is 6.17. The van der Waals surface area contributed by atoms with Crippen molar-refractivity contribution in [2.24, 2.45) is 17.1 Å². The van der Waals surface area contributed by atoms with E-state index in [1.54, 1.807) is 0 Å². The first-order chi connectivity index (χ1) is 8.41. The summed E-state index contributed by atoms with van der Waals surface area (Å²) in [5.74, 6) is 0.319. The summed E-state index contributed by atoms with van der Waals surface area (Å²) >= 11 is 3.60. The Hall–Kier alpha value is -0.390. The predicted octanol–water partition coefficient (Wildman–Crippen LogP) is 2.11. The van der Waals surface area contributed by atoms with Crippen LogP contribution in [0.2, 0.25) is 0 Å². The van der Waals surface area contributed by atoms with Crippen molar-refractivity contribution in [1.82, 2.24) is 9.78 Å². The molecular weight excluding hydrogens is 294 g/mol. The number of nitrogens with two attached hydrogens (primary N) is 1. The van der Waals surface area contributed by atoms with Gasteiger partial charge in [-0.1, -0.05) is 13.8 Å². The molecule has 1 aromatic rings. The minimum absolute atomic E-state index is 0.0988. The Labute approximate surface area is 118 Å². The molecule has 0 bridgehead atoms. The Morgan fingerprint density at radius 3 is 2.50 bits per heavy atom. The minimum atomic E-state index is -0.276. The summed E-state index contributed by atoms with van der Waals surface area (Å²) in [6.07, 6.45) is 0.743. The molecule has 0 amide bonds. The summed E-state index contributed by atoms with van der Waals surface area (Å²) in [5, 5.41) is 14.2. The van der Waals surface area contributed by atoms with Crippen molar-refractivity contribution in [3.8, 4) is 0 Å². The molecule has 1 unspecified atom stereocenters. The SMILES string of the molecule is CCn1nc(C)c(Br)c1CC(CN)(CO)C(C)C. The summed E-state index contributed by atoms with van der Waals surface area (Å²) < 4.78 is 3.03. The number of aliphatic hydroxyl groups is 1. The number of rotatable bonds is 6. The van der Waals surface area contributed by atoms with Crippen molar-refractivity contribution in [3.63, 3.8) is 0 Å². The van der Waals surface area contributed by atoms with E-state index < -0.39 is 0 Å². The normalized spacial score (nSPS) is 15.1. The summed E-state index contributed by atoms with van der Waals surface area (Å²) in [6, 6.07) is 0. The van der Waals surface area contributed by atoms with Crippen LogP contribution in [0.3, 0.4) is 0 Å². The Kier molecular flexibility index (Phi) is 5.37. The molecule has 0 saturated heterocycles. The Bertz CT molecular complexity index is 397. The molecular formula is C13H24BrN3O. The number of aryl methyl sites for hydroxylation is 2. The van der Waals surface area contributed by atoms with Gasteiger partial charge in [0.05, 0.1) is 22.5 Å². The summed E-state index contributed by atoms with van der Waals surface area (Å²) in [6.45, 7) is 9.67. The summed E-state index contributed by atoms with van der Waals surface area (Å²) in [4.78, 5) is 0. The van der Waals surface area contributed by atoms with E-state index in [-0.39, 0.29) is 12.0 Å². The van der Waals surface area contributed by atoms with Crippen LogP contribution in [0.1, 0.15) is 32.2 Å². The molecule has 5 heteroatoms. The van der Waals surface area contributed by atoms with Crippen molar-refractivity contribution in [3.05, 3.63) is 15.9 Å². The Morgan fingerprint density at radius 1 is 1.50 bits per heavy atom. The molecule has 18 heavy (non-hydrogen) atoms. The van der Waals surface area contributed by atoms with E-state index in [2.05, 4.69) is 41.8 Å². The average Bonchev–Trinajstić information content (AvgIpc) is 2.62. The zero-order chi connectivity index (χ0) is 13.9. The van der Waals surface area contributed by atoms with Crippen LogP contribution in [-0.4, -0.2) is 28.0 Å². The van der Waals surface area contributed by atoms with Crippen LogP contribution in [0.15, 0.2) is 4.47 Å². The lowest BCUT2D eigenvalue weighted by Crippen LogP contribution is -2.41. The van der Waals surface area contributed by atoms with Gasteiger partial charge in [0, 0.05) is 18.5 Å². The highest BCUT2D eigenvalue weighted by molar-refractivity contribution is 9.10. The maximum absolute atomic E-state index is 9.74. The predicted molar refractivity (Wildman–Crippen MR) is 77.5 cm³/mol. The van der Waals surface area contributed by atoms with Crippen LogP contribution >= 0.6 is 15.9 Å². The third-order valence-corrected chi connectivity index (χ3v) is 4.95. The Balaban J connectivity index is 3.15. The molecule has 4 nitrogen and oxygen atoms in total. The largest absolute Gasteiger partial charge is 0.396 e. The highest BCUT2D eigenvalue weighted by Crippen LogP contribution is 2.34. The van der Waals surface area contributed by atoms with Crippen molar-refractivity contribution < 1.29 is 5.11 Å². The van der Waals surface area contributed by atoms with E-state index in [0.717, 1.165) is 28.8 Å². The molecule has 0 fully saturated rings. The van der Waals surface area contributed by atoms with Crippen molar-refractivity contribution in [2.75, 3.05) is 13.2 Å². The second-order valence-electron chi connectivity index (χ2n) is 5.22. The molecule has 1 atom stereocenters. The van der Waals surface area contributed by atoms with Gasteiger partial charge in [0.15, 0.2) is 0 Å². The van der Waals surface area contributed by atoms with Gasteiger partial charge < -0.3 is 10.8 Å². The van der Waals surface area contributed by atoms with Crippen molar-refractivity contribution in [2.45, 2.75) is 40.7 Å². The van der Waals surface area contributed by atoms with Gasteiger partial charge in [0.25, 0.3) is 0 Å². The molecule has 0 aromatic carbocycles. The fourth-order valence-electron chi connectivity index (χ4n) is 2.19. The smallest absolute Gasteiger partial charge is 0.0738 e. The molecule has 0 spiro atoms. The van der Waals surface area contributed by atoms with Gasteiger partial charge in [-0.15, -0.1) is 0 Å². The number of halogens is 1. The fourth-order valence-corrected chi connectivity index (χ4v) is 2.61. The first-order valence-electron chi connectivity index (χ1n) is 6.44. The highest BCUT2D eigenvalue weighted by Gasteiger charge is 2.34. The van der Waals surface area contributed by atoms with Crippen LogP contribution < -0.4 is 5.73 Å². The van der Waals surface area contributed by atoms with Crippen LogP contribution in [0.4, 0.5) is 0 Å². The lowest BCUT2D eigenvalue weighted by Gasteiger charge is -2.35. The first kappa shape index (κ1) is 15.7. The molecule has 1 rings (SSSR count). The summed E-state index contributed by atoms with van der Waals surface area (Å²) in [7, 11) is 0. The van der Waals surface area contributed by atoms with Gasteiger partial charge in [0.2, 0.25) is 0 Å². The molecule has 0 saturated carbocycles. The molecule has 1 heterocycles. The molecule has 0 aliphatic carbocycles. The Morgan fingerprint density at radius 2 is 2.11 bits per heavy atom. The van der Waals surface area contributed by atoms with E-state index in [9.17, 15) is 5.11 Å².